The van der Waals surface area contributed by atoms with E-state index >= 15 is 0 Å². The normalized spacial score (nSPS) is 17.8. The molecular formula is C21H25N3O4S2. The molecule has 1 atom stereocenters. The van der Waals surface area contributed by atoms with Crippen molar-refractivity contribution in [3.63, 3.8) is 0 Å². The zero-order chi connectivity index (χ0) is 21.6. The molecule has 0 spiro atoms. The molecule has 1 fully saturated rings. The van der Waals surface area contributed by atoms with Crippen molar-refractivity contribution < 1.29 is 17.7 Å². The molecule has 1 N–H and O–H groups in total. The van der Waals surface area contributed by atoms with Gasteiger partial charge in [-0.15, -0.1) is 11.3 Å². The highest BCUT2D eigenvalue weighted by Crippen LogP contribution is 2.41. The van der Waals surface area contributed by atoms with Crippen molar-refractivity contribution in [1.29, 1.82) is 0 Å². The fourth-order valence-electron chi connectivity index (χ4n) is 4.12. The van der Waals surface area contributed by atoms with Crippen molar-refractivity contribution >= 4 is 37.4 Å². The molecule has 3 heterocycles. The van der Waals surface area contributed by atoms with E-state index in [0.717, 1.165) is 15.6 Å². The van der Waals surface area contributed by atoms with Gasteiger partial charge in [0.25, 0.3) is 5.91 Å². The molecule has 0 radical (unpaired) electrons. The second kappa shape index (κ2) is 7.79. The fourth-order valence-corrected chi connectivity index (χ4v) is 7.11. The molecule has 4 rings (SSSR count). The highest BCUT2D eigenvalue weighted by Gasteiger charge is 2.38. The molecular weight excluding hydrogens is 422 g/mol. The molecule has 3 aromatic rings. The summed E-state index contributed by atoms with van der Waals surface area (Å²) >= 11 is 1.47. The summed E-state index contributed by atoms with van der Waals surface area (Å²) < 4.78 is 34.1. The first-order valence-electron chi connectivity index (χ1n) is 9.95. The Balaban J connectivity index is 1.71. The number of hydrogen-bond acceptors (Lipinski definition) is 6. The quantitative estimate of drug-likeness (QED) is 0.642. The van der Waals surface area contributed by atoms with E-state index < -0.39 is 10.0 Å². The van der Waals surface area contributed by atoms with Gasteiger partial charge in [-0.2, -0.15) is 4.31 Å². The maximum absolute atomic E-state index is 13.2. The number of fused-ring (bicyclic) bond motifs is 1. The highest BCUT2D eigenvalue weighted by molar-refractivity contribution is 7.89. The molecule has 0 aliphatic carbocycles. The number of nitrogens with zero attached hydrogens (tertiary/aromatic N) is 2. The van der Waals surface area contributed by atoms with Gasteiger partial charge in [0.1, 0.15) is 10.6 Å². The Bertz CT molecular complexity index is 1190. The number of carbonyl (C=O) groups excluding carboxylic acids is 1. The number of rotatable bonds is 5. The van der Waals surface area contributed by atoms with Gasteiger partial charge in [-0.1, -0.05) is 23.4 Å². The van der Waals surface area contributed by atoms with Crippen LogP contribution < -0.4 is 5.32 Å². The van der Waals surface area contributed by atoms with Crippen LogP contribution in [0.25, 0.3) is 10.1 Å². The standard InChI is InChI=1S/C21H25N3O4S2/c1-12(2)22-21(25)19-18(16-7-5-6-8-17(16)29-19)15-9-10-24(11-15)30(26,27)20-13(3)23-28-14(20)4/h5-8,12,15H,9-11H2,1-4H3,(H,22,25)/t15-/m1/s1. The van der Waals surface area contributed by atoms with Crippen LogP contribution >= 0.6 is 11.3 Å². The number of sulfonamides is 1. The molecule has 30 heavy (non-hydrogen) atoms. The Morgan fingerprint density at radius 1 is 1.30 bits per heavy atom. The third kappa shape index (κ3) is 3.55. The van der Waals surface area contributed by atoms with Gasteiger partial charge in [-0.05, 0) is 51.1 Å². The monoisotopic (exact) mass is 447 g/mol. The Labute approximate surface area is 180 Å². The summed E-state index contributed by atoms with van der Waals surface area (Å²) in [4.78, 5) is 13.7. The number of hydrogen-bond donors (Lipinski definition) is 1. The molecule has 7 nitrogen and oxygen atoms in total. The van der Waals surface area contributed by atoms with Gasteiger partial charge < -0.3 is 9.84 Å². The van der Waals surface area contributed by atoms with Crippen molar-refractivity contribution in [2.24, 2.45) is 0 Å². The summed E-state index contributed by atoms with van der Waals surface area (Å²) in [6.45, 7) is 7.83. The van der Waals surface area contributed by atoms with Gasteiger partial charge in [-0.3, -0.25) is 4.79 Å². The van der Waals surface area contributed by atoms with Gasteiger partial charge in [0, 0.05) is 29.7 Å². The van der Waals surface area contributed by atoms with Crippen molar-refractivity contribution in [3.8, 4) is 0 Å². The van der Waals surface area contributed by atoms with Gasteiger partial charge in [0.15, 0.2) is 5.76 Å². The molecule has 9 heteroatoms. The van der Waals surface area contributed by atoms with Crippen LogP contribution in [0.15, 0.2) is 33.7 Å². The summed E-state index contributed by atoms with van der Waals surface area (Å²) in [7, 11) is -3.71. The third-order valence-corrected chi connectivity index (χ3v) is 8.68. The first-order chi connectivity index (χ1) is 14.2. The van der Waals surface area contributed by atoms with Crippen molar-refractivity contribution in [2.45, 2.75) is 51.0 Å². The second-order valence-electron chi connectivity index (χ2n) is 7.97. The molecule has 2 aromatic heterocycles. The summed E-state index contributed by atoms with van der Waals surface area (Å²) in [6, 6.07) is 7.95. The molecule has 1 aliphatic heterocycles. The topological polar surface area (TPSA) is 92.5 Å². The summed E-state index contributed by atoms with van der Waals surface area (Å²) in [6.07, 6.45) is 0.658. The predicted octanol–water partition coefficient (Wildman–Crippen LogP) is 3.82. The lowest BCUT2D eigenvalue weighted by Gasteiger charge is -2.17. The fraction of sp³-hybridized carbons (Fsp3) is 0.429. The lowest BCUT2D eigenvalue weighted by molar-refractivity contribution is 0.0946. The van der Waals surface area contributed by atoms with E-state index in [1.807, 2.05) is 38.1 Å². The largest absolute Gasteiger partial charge is 0.360 e. The zero-order valence-electron chi connectivity index (χ0n) is 17.4. The SMILES string of the molecule is Cc1noc(C)c1S(=O)(=O)N1CC[C@@H](c2c(C(=O)NC(C)C)sc3ccccc23)C1. The number of amides is 1. The molecule has 0 saturated carbocycles. The van der Waals surface area contributed by atoms with Crippen LogP contribution in [-0.2, 0) is 10.0 Å². The van der Waals surface area contributed by atoms with Crippen LogP contribution in [0.3, 0.4) is 0 Å². The molecule has 1 saturated heterocycles. The van der Waals surface area contributed by atoms with Gasteiger partial charge >= 0.3 is 0 Å². The number of carbonyl (C=O) groups is 1. The Morgan fingerprint density at radius 2 is 2.03 bits per heavy atom. The van der Waals surface area contributed by atoms with Crippen LogP contribution in [0, 0.1) is 13.8 Å². The maximum atomic E-state index is 13.2. The lowest BCUT2D eigenvalue weighted by atomic mass is 9.95. The molecule has 160 valence electrons. The van der Waals surface area contributed by atoms with Crippen LogP contribution in [-0.4, -0.2) is 42.9 Å². The number of benzene rings is 1. The van der Waals surface area contributed by atoms with Gasteiger partial charge in [0.05, 0.1) is 4.88 Å². The average molecular weight is 448 g/mol. The molecule has 1 aliphatic rings. The van der Waals surface area contributed by atoms with Crippen molar-refractivity contribution in [1.82, 2.24) is 14.8 Å². The smallest absolute Gasteiger partial charge is 0.261 e. The van der Waals surface area contributed by atoms with Crippen LogP contribution in [0.2, 0.25) is 0 Å². The number of aromatic nitrogens is 1. The molecule has 1 amide bonds. The Kier molecular flexibility index (Phi) is 5.46. The second-order valence-corrected chi connectivity index (χ2v) is 10.9. The summed E-state index contributed by atoms with van der Waals surface area (Å²) in [5.41, 5.74) is 1.32. The molecule has 0 bridgehead atoms. The van der Waals surface area contributed by atoms with E-state index in [0.29, 0.717) is 35.8 Å². The first-order valence-corrected chi connectivity index (χ1v) is 12.2. The third-order valence-electron chi connectivity index (χ3n) is 5.38. The van der Waals surface area contributed by atoms with E-state index in [1.54, 1.807) is 13.8 Å². The van der Waals surface area contributed by atoms with Crippen LogP contribution in [0.1, 0.15) is 52.9 Å². The van der Waals surface area contributed by atoms with E-state index in [4.69, 9.17) is 4.52 Å². The number of thiophene rings is 1. The predicted molar refractivity (Wildman–Crippen MR) is 117 cm³/mol. The van der Waals surface area contributed by atoms with E-state index in [9.17, 15) is 13.2 Å². The van der Waals surface area contributed by atoms with E-state index in [-0.39, 0.29) is 22.8 Å². The van der Waals surface area contributed by atoms with Crippen molar-refractivity contribution in [3.05, 3.63) is 46.2 Å². The minimum atomic E-state index is -3.71. The summed E-state index contributed by atoms with van der Waals surface area (Å²) in [5.74, 6) is 0.145. The number of aryl methyl sites for hydroxylation is 2. The molecule has 0 unspecified atom stereocenters. The number of nitrogens with one attached hydrogen (secondary N) is 1. The lowest BCUT2D eigenvalue weighted by Crippen LogP contribution is -2.31. The van der Waals surface area contributed by atoms with E-state index in [2.05, 4.69) is 10.5 Å². The van der Waals surface area contributed by atoms with E-state index in [1.165, 1.54) is 15.6 Å². The van der Waals surface area contributed by atoms with Crippen LogP contribution in [0.5, 0.6) is 0 Å². The van der Waals surface area contributed by atoms with Crippen molar-refractivity contribution in [2.75, 3.05) is 13.1 Å². The Morgan fingerprint density at radius 3 is 2.70 bits per heavy atom. The van der Waals surface area contributed by atoms with Gasteiger partial charge in [-0.25, -0.2) is 8.42 Å². The minimum Gasteiger partial charge on any atom is -0.360 e. The Hall–Kier alpha value is -2.23. The molecule has 1 aromatic carbocycles. The summed E-state index contributed by atoms with van der Waals surface area (Å²) in [5, 5.41) is 7.80. The zero-order valence-corrected chi connectivity index (χ0v) is 19.1. The average Bonchev–Trinajstić information content (AvgIpc) is 3.37. The maximum Gasteiger partial charge on any atom is 0.261 e. The first kappa shape index (κ1) is 21.0. The van der Waals surface area contributed by atoms with Gasteiger partial charge in [0.2, 0.25) is 10.0 Å². The minimum absolute atomic E-state index is 0.0237. The highest BCUT2D eigenvalue weighted by atomic mass is 32.2. The van der Waals surface area contributed by atoms with Crippen LogP contribution in [0.4, 0.5) is 0 Å².